The SMILES string of the molecule is NC(C=O)(c1ccccc1)C(Nc1n[nH]c(=S)s1)C(=O)NCc1ccc2c(c1)OCO2. The van der Waals surface area contributed by atoms with Crippen LogP contribution in [0.25, 0.3) is 0 Å². The molecule has 3 aromatic rings. The zero-order valence-electron chi connectivity index (χ0n) is 16.2. The molecular weight excluding hydrogens is 438 g/mol. The zero-order chi connectivity index (χ0) is 21.8. The van der Waals surface area contributed by atoms with Gasteiger partial charge in [0, 0.05) is 6.54 Å². The first-order chi connectivity index (χ1) is 15.0. The van der Waals surface area contributed by atoms with Gasteiger partial charge in [0.25, 0.3) is 0 Å². The van der Waals surface area contributed by atoms with Crippen molar-refractivity contribution in [3.8, 4) is 11.5 Å². The third kappa shape index (κ3) is 4.43. The van der Waals surface area contributed by atoms with Crippen LogP contribution in [0.1, 0.15) is 11.1 Å². The Hall–Kier alpha value is -3.28. The van der Waals surface area contributed by atoms with E-state index in [4.69, 9.17) is 27.4 Å². The van der Waals surface area contributed by atoms with Gasteiger partial charge in [0.1, 0.15) is 17.9 Å². The number of nitrogens with two attached hydrogens (primary N) is 1. The number of anilines is 1. The van der Waals surface area contributed by atoms with Crippen LogP contribution < -0.4 is 25.8 Å². The number of benzene rings is 2. The minimum Gasteiger partial charge on any atom is -0.454 e. The molecule has 4 rings (SSSR count). The van der Waals surface area contributed by atoms with Gasteiger partial charge in [-0.15, -0.1) is 5.10 Å². The van der Waals surface area contributed by atoms with Crippen LogP contribution in [0, 0.1) is 3.95 Å². The summed E-state index contributed by atoms with van der Waals surface area (Å²) in [4.78, 5) is 25.4. The summed E-state index contributed by atoms with van der Waals surface area (Å²) in [6, 6.07) is 12.9. The Balaban J connectivity index is 1.59. The quantitative estimate of drug-likeness (QED) is 0.299. The lowest BCUT2D eigenvalue weighted by atomic mass is 9.84. The highest BCUT2D eigenvalue weighted by molar-refractivity contribution is 7.73. The van der Waals surface area contributed by atoms with Crippen LogP contribution in [0.5, 0.6) is 11.5 Å². The molecule has 1 amide bonds. The van der Waals surface area contributed by atoms with Crippen molar-refractivity contribution in [3.63, 3.8) is 0 Å². The van der Waals surface area contributed by atoms with E-state index in [2.05, 4.69) is 20.8 Å². The molecular formula is C20H19N5O4S2. The topological polar surface area (TPSA) is 131 Å². The molecule has 1 aromatic heterocycles. The zero-order valence-corrected chi connectivity index (χ0v) is 17.8. The molecule has 0 spiro atoms. The molecule has 160 valence electrons. The number of fused-ring (bicyclic) bond motifs is 1. The second-order valence-electron chi connectivity index (χ2n) is 6.82. The molecule has 0 saturated carbocycles. The van der Waals surface area contributed by atoms with Gasteiger partial charge < -0.3 is 30.6 Å². The van der Waals surface area contributed by atoms with E-state index >= 15 is 0 Å². The molecule has 1 aliphatic heterocycles. The monoisotopic (exact) mass is 457 g/mol. The van der Waals surface area contributed by atoms with Gasteiger partial charge in [0.05, 0.1) is 0 Å². The van der Waals surface area contributed by atoms with Crippen molar-refractivity contribution < 1.29 is 19.1 Å². The standard InChI is InChI=1S/C20H19N5O4S2/c21-20(10-26,13-4-2-1-3-5-13)16(23-18-24-25-19(30)31-18)17(27)22-9-12-6-7-14-15(8-12)29-11-28-14/h1-8,10,16H,9,11,21H2,(H,22,27)(H,23,24)(H,25,30). The lowest BCUT2D eigenvalue weighted by molar-refractivity contribution is -0.126. The molecule has 5 N–H and O–H groups in total. The largest absolute Gasteiger partial charge is 0.454 e. The summed E-state index contributed by atoms with van der Waals surface area (Å²) in [6.45, 7) is 0.368. The van der Waals surface area contributed by atoms with Gasteiger partial charge >= 0.3 is 0 Å². The second kappa shape index (κ2) is 8.84. The minimum absolute atomic E-state index is 0.166. The highest BCUT2D eigenvalue weighted by Crippen LogP contribution is 2.32. The number of H-pyrrole nitrogens is 1. The average molecular weight is 458 g/mol. The van der Waals surface area contributed by atoms with Crippen LogP contribution in [0.2, 0.25) is 0 Å². The molecule has 2 atom stereocenters. The van der Waals surface area contributed by atoms with Gasteiger partial charge in [-0.25, -0.2) is 0 Å². The summed E-state index contributed by atoms with van der Waals surface area (Å²) < 4.78 is 11.1. The number of ether oxygens (including phenoxy) is 2. The van der Waals surface area contributed by atoms with Gasteiger partial charge in [-0.05, 0) is 35.5 Å². The maximum atomic E-state index is 13.2. The molecule has 31 heavy (non-hydrogen) atoms. The Morgan fingerprint density at radius 3 is 2.77 bits per heavy atom. The first-order valence-electron chi connectivity index (χ1n) is 9.28. The molecule has 2 heterocycles. The van der Waals surface area contributed by atoms with Crippen molar-refractivity contribution in [1.82, 2.24) is 15.5 Å². The normalized spacial score (nSPS) is 15.0. The van der Waals surface area contributed by atoms with Gasteiger partial charge in [0.2, 0.25) is 17.8 Å². The van der Waals surface area contributed by atoms with Crippen LogP contribution in [-0.4, -0.2) is 35.2 Å². The number of aromatic amines is 1. The number of nitrogens with zero attached hydrogens (tertiary/aromatic N) is 1. The lowest BCUT2D eigenvalue weighted by Crippen LogP contribution is -2.59. The molecule has 0 bridgehead atoms. The van der Waals surface area contributed by atoms with Crippen LogP contribution in [-0.2, 0) is 21.7 Å². The summed E-state index contributed by atoms with van der Waals surface area (Å²) in [6.07, 6.45) is 0.562. The third-order valence-corrected chi connectivity index (χ3v) is 5.84. The van der Waals surface area contributed by atoms with Gasteiger partial charge in [-0.2, -0.15) is 0 Å². The first-order valence-corrected chi connectivity index (χ1v) is 10.5. The van der Waals surface area contributed by atoms with E-state index in [0.717, 1.165) is 16.9 Å². The number of hydrogen-bond acceptors (Lipinski definition) is 9. The molecule has 0 aliphatic carbocycles. The van der Waals surface area contributed by atoms with Crippen molar-refractivity contribution in [1.29, 1.82) is 0 Å². The van der Waals surface area contributed by atoms with Crippen LogP contribution in [0.15, 0.2) is 48.5 Å². The molecule has 9 nitrogen and oxygen atoms in total. The number of rotatable bonds is 8. The maximum absolute atomic E-state index is 13.2. The molecule has 2 unspecified atom stereocenters. The van der Waals surface area contributed by atoms with E-state index in [-0.39, 0.29) is 13.3 Å². The number of aromatic nitrogens is 2. The Bertz CT molecular complexity index is 1150. The van der Waals surface area contributed by atoms with Gasteiger partial charge in [-0.3, -0.25) is 9.89 Å². The van der Waals surface area contributed by atoms with Crippen molar-refractivity contribution in [2.24, 2.45) is 5.73 Å². The number of amides is 1. The molecule has 0 radical (unpaired) electrons. The fourth-order valence-corrected chi connectivity index (χ4v) is 4.01. The van der Waals surface area contributed by atoms with E-state index in [1.165, 1.54) is 0 Å². The van der Waals surface area contributed by atoms with E-state index in [9.17, 15) is 9.59 Å². The fourth-order valence-electron chi connectivity index (χ4n) is 3.19. The number of carbonyl (C=O) groups is 2. The maximum Gasteiger partial charge on any atom is 0.245 e. The van der Waals surface area contributed by atoms with E-state index in [1.807, 2.05) is 6.07 Å². The Kier molecular flexibility index (Phi) is 5.98. The predicted octanol–water partition coefficient (Wildman–Crippen LogP) is 2.08. The van der Waals surface area contributed by atoms with E-state index in [0.29, 0.717) is 32.4 Å². The van der Waals surface area contributed by atoms with Crippen molar-refractivity contribution in [2.45, 2.75) is 18.1 Å². The number of hydrogen-bond donors (Lipinski definition) is 4. The highest BCUT2D eigenvalue weighted by Gasteiger charge is 2.42. The van der Waals surface area contributed by atoms with E-state index in [1.54, 1.807) is 42.5 Å². The summed E-state index contributed by atoms with van der Waals surface area (Å²) in [7, 11) is 0. The predicted molar refractivity (Wildman–Crippen MR) is 117 cm³/mol. The molecule has 2 aromatic carbocycles. The molecule has 0 fully saturated rings. The molecule has 0 saturated heterocycles. The number of aldehydes is 1. The lowest BCUT2D eigenvalue weighted by Gasteiger charge is -2.32. The third-order valence-electron chi connectivity index (χ3n) is 4.82. The summed E-state index contributed by atoms with van der Waals surface area (Å²) in [5.74, 6) is 0.792. The number of nitrogens with one attached hydrogen (secondary N) is 3. The van der Waals surface area contributed by atoms with Gasteiger partial charge in [0.15, 0.2) is 15.5 Å². The molecule has 11 heteroatoms. The second-order valence-corrected chi connectivity index (χ2v) is 8.48. The molecule has 1 aliphatic rings. The minimum atomic E-state index is -1.65. The summed E-state index contributed by atoms with van der Waals surface area (Å²) in [5.41, 5.74) is 6.12. The van der Waals surface area contributed by atoms with Crippen molar-refractivity contribution >= 4 is 40.9 Å². The first kappa shape index (κ1) is 21.0. The van der Waals surface area contributed by atoms with Crippen molar-refractivity contribution in [3.05, 3.63) is 63.6 Å². The van der Waals surface area contributed by atoms with Gasteiger partial charge in [-0.1, -0.05) is 47.7 Å². The average Bonchev–Trinajstić information content (AvgIpc) is 3.44. The number of carbonyl (C=O) groups excluding carboxylic acids is 2. The van der Waals surface area contributed by atoms with Crippen molar-refractivity contribution in [2.75, 3.05) is 12.1 Å². The summed E-state index contributed by atoms with van der Waals surface area (Å²) in [5, 5.41) is 12.8. The summed E-state index contributed by atoms with van der Waals surface area (Å²) >= 11 is 6.20. The Morgan fingerprint density at radius 2 is 2.06 bits per heavy atom. The smallest absolute Gasteiger partial charge is 0.245 e. The van der Waals surface area contributed by atoms with E-state index < -0.39 is 17.5 Å². The van der Waals surface area contributed by atoms with Crippen LogP contribution >= 0.6 is 23.6 Å². The Morgan fingerprint density at radius 1 is 1.29 bits per heavy atom. The highest BCUT2D eigenvalue weighted by atomic mass is 32.1. The van der Waals surface area contributed by atoms with Crippen LogP contribution in [0.3, 0.4) is 0 Å². The fraction of sp³-hybridized carbons (Fsp3) is 0.200. The van der Waals surface area contributed by atoms with Crippen LogP contribution in [0.4, 0.5) is 5.13 Å². The Labute approximate surface area is 186 Å².